The van der Waals surface area contributed by atoms with Crippen molar-refractivity contribution < 1.29 is 13.9 Å². The molecule has 0 unspecified atom stereocenters. The number of aromatic nitrogens is 2. The summed E-state index contributed by atoms with van der Waals surface area (Å²) in [5.74, 6) is 1.04. The number of anilines is 4. The van der Waals surface area contributed by atoms with E-state index < -0.39 is 5.82 Å². The van der Waals surface area contributed by atoms with Crippen LogP contribution in [0.4, 0.5) is 27.4 Å². The summed E-state index contributed by atoms with van der Waals surface area (Å²) in [4.78, 5) is 19.2. The van der Waals surface area contributed by atoms with Crippen LogP contribution in [0.1, 0.15) is 28.9 Å². The van der Waals surface area contributed by atoms with E-state index in [9.17, 15) is 9.18 Å². The third-order valence-corrected chi connectivity index (χ3v) is 7.91. The van der Waals surface area contributed by atoms with Crippen molar-refractivity contribution >= 4 is 52.1 Å². The van der Waals surface area contributed by atoms with Gasteiger partial charge in [0.1, 0.15) is 11.6 Å². The fourth-order valence-corrected chi connectivity index (χ4v) is 5.63. The lowest BCUT2D eigenvalue weighted by molar-refractivity contribution is 0.0664. The average Bonchev–Trinajstić information content (AvgIpc) is 2.95. The second-order valence-corrected chi connectivity index (χ2v) is 10.4. The number of carbonyl (C=O) groups is 1. The number of piperazine rings is 1. The largest absolute Gasteiger partial charge is 0.495 e. The Bertz CT molecular complexity index is 1380. The number of amides is 1. The van der Waals surface area contributed by atoms with E-state index >= 15 is 0 Å². The molecule has 5 rings (SSSR count). The Morgan fingerprint density at radius 2 is 1.87 bits per heavy atom. The van der Waals surface area contributed by atoms with E-state index in [-0.39, 0.29) is 17.0 Å². The summed E-state index contributed by atoms with van der Waals surface area (Å²) in [6.45, 7) is 6.25. The molecule has 1 amide bonds. The molecular formula is C27H30Cl2FN7O2. The molecule has 0 radical (unpaired) electrons. The molecule has 2 N–H and O–H groups in total. The standard InChI is InChI=1S/C27H30Cl2FN7O2/c1-16(24-18(28)5-6-19(30)25(24)29)37-9-8-31-26-21(37)15-23(33-34-26)32-20-7-4-17(14-22(20)39-3)27(38)36-12-10-35(2)11-13-36/h4-7,14-16H,8-13H2,1-3H3,(H,31,34)(H,32,33)/t16-/m1/s1. The van der Waals surface area contributed by atoms with Crippen molar-refractivity contribution in [2.75, 3.05) is 69.0 Å². The minimum Gasteiger partial charge on any atom is -0.495 e. The monoisotopic (exact) mass is 573 g/mol. The number of nitrogens with zero attached hydrogens (tertiary/aromatic N) is 5. The SMILES string of the molecule is COc1cc(C(=O)N2CCN(C)CC2)ccc1Nc1cc2c(nn1)NCCN2[C@H](C)c1c(Cl)ccc(F)c1Cl. The van der Waals surface area contributed by atoms with Crippen LogP contribution >= 0.6 is 23.2 Å². The molecule has 0 saturated carbocycles. The zero-order chi connectivity index (χ0) is 27.7. The number of nitrogens with one attached hydrogen (secondary N) is 2. The first-order valence-corrected chi connectivity index (χ1v) is 13.5. The van der Waals surface area contributed by atoms with E-state index in [1.807, 2.05) is 17.9 Å². The van der Waals surface area contributed by atoms with Gasteiger partial charge in [-0.1, -0.05) is 23.2 Å². The molecular weight excluding hydrogens is 544 g/mol. The van der Waals surface area contributed by atoms with Gasteiger partial charge in [0.2, 0.25) is 0 Å². The first-order chi connectivity index (χ1) is 18.8. The predicted molar refractivity (Wildman–Crippen MR) is 152 cm³/mol. The molecule has 1 aromatic heterocycles. The van der Waals surface area contributed by atoms with Crippen molar-refractivity contribution in [3.63, 3.8) is 0 Å². The zero-order valence-electron chi connectivity index (χ0n) is 22.0. The minimum atomic E-state index is -0.518. The molecule has 2 aliphatic heterocycles. The van der Waals surface area contributed by atoms with Crippen molar-refractivity contribution in [1.29, 1.82) is 0 Å². The van der Waals surface area contributed by atoms with Gasteiger partial charge in [0.25, 0.3) is 5.91 Å². The fourth-order valence-electron chi connectivity index (χ4n) is 4.94. The quantitative estimate of drug-likeness (QED) is 0.396. The molecule has 1 saturated heterocycles. The number of hydrogen-bond acceptors (Lipinski definition) is 8. The summed E-state index contributed by atoms with van der Waals surface area (Å²) < 4.78 is 19.9. The van der Waals surface area contributed by atoms with Crippen molar-refractivity contribution in [2.45, 2.75) is 13.0 Å². The van der Waals surface area contributed by atoms with Gasteiger partial charge in [0.15, 0.2) is 11.6 Å². The van der Waals surface area contributed by atoms with Crippen LogP contribution in [-0.4, -0.2) is 79.3 Å². The minimum absolute atomic E-state index is 0.00592. The maximum absolute atomic E-state index is 14.3. The highest BCUT2D eigenvalue weighted by molar-refractivity contribution is 6.36. The number of hydrogen-bond donors (Lipinski definition) is 2. The third kappa shape index (κ3) is 5.54. The van der Waals surface area contributed by atoms with Gasteiger partial charge in [0, 0.05) is 61.5 Å². The van der Waals surface area contributed by atoms with Gasteiger partial charge in [0.05, 0.1) is 29.5 Å². The van der Waals surface area contributed by atoms with E-state index in [0.29, 0.717) is 65.4 Å². The van der Waals surface area contributed by atoms with Crippen LogP contribution in [0.5, 0.6) is 5.75 Å². The van der Waals surface area contributed by atoms with E-state index in [4.69, 9.17) is 27.9 Å². The Morgan fingerprint density at radius 3 is 2.62 bits per heavy atom. The van der Waals surface area contributed by atoms with Gasteiger partial charge < -0.3 is 30.1 Å². The lowest BCUT2D eigenvalue weighted by Gasteiger charge is -2.36. The summed E-state index contributed by atoms with van der Waals surface area (Å²) in [5, 5.41) is 15.6. The van der Waals surface area contributed by atoms with Crippen LogP contribution in [0.25, 0.3) is 0 Å². The second-order valence-electron chi connectivity index (χ2n) is 9.65. The number of fused-ring (bicyclic) bond motifs is 1. The van der Waals surface area contributed by atoms with Gasteiger partial charge in [-0.3, -0.25) is 4.79 Å². The van der Waals surface area contributed by atoms with Crippen molar-refractivity contribution in [3.05, 3.63) is 63.4 Å². The number of rotatable bonds is 6. The number of likely N-dealkylation sites (N-methyl/N-ethyl adjacent to an activating group) is 1. The Labute approximate surface area is 236 Å². The first kappa shape index (κ1) is 27.2. The Kier molecular flexibility index (Phi) is 7.97. The number of methoxy groups -OCH3 is 1. The van der Waals surface area contributed by atoms with Gasteiger partial charge in [-0.05, 0) is 44.3 Å². The molecule has 1 atom stereocenters. The summed E-state index contributed by atoms with van der Waals surface area (Å²) >= 11 is 12.7. The normalized spacial score (nSPS) is 16.4. The van der Waals surface area contributed by atoms with E-state index in [1.54, 1.807) is 25.3 Å². The fraction of sp³-hybridized carbons (Fsp3) is 0.370. The maximum Gasteiger partial charge on any atom is 0.254 e. The zero-order valence-corrected chi connectivity index (χ0v) is 23.5. The molecule has 3 aromatic rings. The summed E-state index contributed by atoms with van der Waals surface area (Å²) in [5.41, 5.74) is 2.48. The molecule has 0 bridgehead atoms. The topological polar surface area (TPSA) is 85.9 Å². The number of halogens is 3. The molecule has 39 heavy (non-hydrogen) atoms. The van der Waals surface area contributed by atoms with Gasteiger partial charge in [-0.15, -0.1) is 10.2 Å². The van der Waals surface area contributed by atoms with Crippen LogP contribution in [0.3, 0.4) is 0 Å². The highest BCUT2D eigenvalue weighted by Gasteiger charge is 2.28. The van der Waals surface area contributed by atoms with Crippen molar-refractivity contribution in [2.24, 2.45) is 0 Å². The first-order valence-electron chi connectivity index (χ1n) is 12.7. The molecule has 0 spiro atoms. The summed E-state index contributed by atoms with van der Waals surface area (Å²) in [6.07, 6.45) is 0. The lowest BCUT2D eigenvalue weighted by Crippen LogP contribution is -2.47. The molecule has 2 aromatic carbocycles. The van der Waals surface area contributed by atoms with Crippen LogP contribution in [0.2, 0.25) is 10.0 Å². The Morgan fingerprint density at radius 1 is 1.10 bits per heavy atom. The molecule has 12 heteroatoms. The smallest absolute Gasteiger partial charge is 0.254 e. The number of benzene rings is 2. The molecule has 3 heterocycles. The van der Waals surface area contributed by atoms with Crippen LogP contribution < -0.4 is 20.3 Å². The number of ether oxygens (including phenoxy) is 1. The van der Waals surface area contributed by atoms with E-state index in [2.05, 4.69) is 37.7 Å². The summed E-state index contributed by atoms with van der Waals surface area (Å²) in [7, 11) is 3.61. The van der Waals surface area contributed by atoms with Gasteiger partial charge in [-0.25, -0.2) is 4.39 Å². The van der Waals surface area contributed by atoms with E-state index in [1.165, 1.54) is 12.1 Å². The molecule has 9 nitrogen and oxygen atoms in total. The Hall–Kier alpha value is -3.34. The third-order valence-electron chi connectivity index (χ3n) is 7.19. The van der Waals surface area contributed by atoms with Crippen LogP contribution in [0.15, 0.2) is 36.4 Å². The Balaban J connectivity index is 1.40. The molecule has 1 fully saturated rings. The van der Waals surface area contributed by atoms with Crippen molar-refractivity contribution in [1.82, 2.24) is 20.0 Å². The highest BCUT2D eigenvalue weighted by Crippen LogP contribution is 2.41. The predicted octanol–water partition coefficient (Wildman–Crippen LogP) is 5.06. The summed E-state index contributed by atoms with van der Waals surface area (Å²) in [6, 6.07) is 9.62. The molecule has 2 aliphatic rings. The maximum atomic E-state index is 14.3. The van der Waals surface area contributed by atoms with E-state index in [0.717, 1.165) is 18.8 Å². The second kappa shape index (κ2) is 11.4. The van der Waals surface area contributed by atoms with Gasteiger partial charge >= 0.3 is 0 Å². The molecule has 206 valence electrons. The van der Waals surface area contributed by atoms with Crippen LogP contribution in [0, 0.1) is 5.82 Å². The lowest BCUT2D eigenvalue weighted by atomic mass is 10.0. The average molecular weight is 574 g/mol. The van der Waals surface area contributed by atoms with Gasteiger partial charge in [-0.2, -0.15) is 0 Å². The van der Waals surface area contributed by atoms with Crippen LogP contribution in [-0.2, 0) is 0 Å². The van der Waals surface area contributed by atoms with Crippen molar-refractivity contribution in [3.8, 4) is 5.75 Å². The highest BCUT2D eigenvalue weighted by atomic mass is 35.5. The molecule has 0 aliphatic carbocycles. The number of carbonyl (C=O) groups excluding carboxylic acids is 1.